The van der Waals surface area contributed by atoms with E-state index in [1.807, 2.05) is 12.1 Å². The third-order valence-electron chi connectivity index (χ3n) is 2.92. The summed E-state index contributed by atoms with van der Waals surface area (Å²) in [7, 11) is 0. The van der Waals surface area contributed by atoms with Crippen LogP contribution in [-0.2, 0) is 11.3 Å². The first-order valence-electron chi connectivity index (χ1n) is 6.17. The quantitative estimate of drug-likeness (QED) is 0.854. The number of halogens is 2. The number of rotatable bonds is 4. The van der Waals surface area contributed by atoms with Gasteiger partial charge in [-0.3, -0.25) is 4.79 Å². The molecule has 20 heavy (non-hydrogen) atoms. The Bertz CT molecular complexity index is 485. The second-order valence-electron chi connectivity index (χ2n) is 4.46. The largest absolute Gasteiger partial charge is 0.486 e. The van der Waals surface area contributed by atoms with Gasteiger partial charge in [-0.05, 0) is 33.6 Å². The second kappa shape index (κ2) is 7.71. The molecule has 0 aliphatic carbocycles. The minimum atomic E-state index is -0.180. The molecule has 1 amide bonds. The molecule has 1 aliphatic heterocycles. The van der Waals surface area contributed by atoms with Crippen LogP contribution >= 0.6 is 28.3 Å². The standard InChI is InChI=1S/C13H17BrN2O3.ClH/c1-8(6-15)13(17)16-7-9-4-10(14)12-11(5-9)18-2-3-19-12;/h4-5,8H,2-3,6-7,15H2,1H3,(H,16,17);1H. The molecule has 0 bridgehead atoms. The van der Waals surface area contributed by atoms with E-state index in [9.17, 15) is 4.79 Å². The van der Waals surface area contributed by atoms with Crippen molar-refractivity contribution in [3.05, 3.63) is 22.2 Å². The molecular formula is C13H18BrClN2O3. The molecule has 1 aliphatic rings. The van der Waals surface area contributed by atoms with E-state index in [0.717, 1.165) is 15.8 Å². The predicted octanol–water partition coefficient (Wildman–Crippen LogP) is 1.85. The Labute approximate surface area is 132 Å². The molecule has 0 spiro atoms. The van der Waals surface area contributed by atoms with Crippen molar-refractivity contribution in [3.8, 4) is 11.5 Å². The molecule has 0 radical (unpaired) electrons. The highest BCUT2D eigenvalue weighted by atomic mass is 79.9. The molecule has 0 aromatic heterocycles. The molecule has 7 heteroatoms. The summed E-state index contributed by atoms with van der Waals surface area (Å²) >= 11 is 3.44. The number of ether oxygens (including phenoxy) is 2. The van der Waals surface area contributed by atoms with Crippen molar-refractivity contribution < 1.29 is 14.3 Å². The highest BCUT2D eigenvalue weighted by Crippen LogP contribution is 2.38. The van der Waals surface area contributed by atoms with E-state index >= 15 is 0 Å². The van der Waals surface area contributed by atoms with Crippen LogP contribution in [0.2, 0.25) is 0 Å². The van der Waals surface area contributed by atoms with Crippen LogP contribution in [-0.4, -0.2) is 25.7 Å². The first-order chi connectivity index (χ1) is 9.11. The van der Waals surface area contributed by atoms with Gasteiger partial charge in [0.2, 0.25) is 5.91 Å². The third-order valence-corrected chi connectivity index (χ3v) is 3.51. The van der Waals surface area contributed by atoms with Crippen molar-refractivity contribution in [3.63, 3.8) is 0 Å². The number of nitrogens with one attached hydrogen (secondary N) is 1. The number of hydrogen-bond acceptors (Lipinski definition) is 4. The fourth-order valence-corrected chi connectivity index (χ4v) is 2.34. The average Bonchev–Trinajstić information content (AvgIpc) is 2.44. The van der Waals surface area contributed by atoms with E-state index in [0.29, 0.717) is 32.1 Å². The van der Waals surface area contributed by atoms with E-state index in [4.69, 9.17) is 15.2 Å². The van der Waals surface area contributed by atoms with Gasteiger partial charge in [0.05, 0.1) is 4.47 Å². The summed E-state index contributed by atoms with van der Waals surface area (Å²) in [4.78, 5) is 11.7. The Morgan fingerprint density at radius 1 is 1.45 bits per heavy atom. The lowest BCUT2D eigenvalue weighted by molar-refractivity contribution is -0.124. The lowest BCUT2D eigenvalue weighted by atomic mass is 10.1. The Morgan fingerprint density at radius 2 is 2.15 bits per heavy atom. The van der Waals surface area contributed by atoms with Crippen molar-refractivity contribution in [2.45, 2.75) is 13.5 Å². The third kappa shape index (κ3) is 4.01. The van der Waals surface area contributed by atoms with Crippen LogP contribution in [0.1, 0.15) is 12.5 Å². The topological polar surface area (TPSA) is 73.6 Å². The van der Waals surface area contributed by atoms with E-state index in [1.165, 1.54) is 0 Å². The smallest absolute Gasteiger partial charge is 0.224 e. The minimum Gasteiger partial charge on any atom is -0.486 e. The molecule has 1 aromatic rings. The molecule has 0 saturated carbocycles. The Morgan fingerprint density at radius 3 is 2.85 bits per heavy atom. The summed E-state index contributed by atoms with van der Waals surface area (Å²) < 4.78 is 11.9. The zero-order valence-electron chi connectivity index (χ0n) is 11.1. The van der Waals surface area contributed by atoms with Crippen molar-refractivity contribution in [2.24, 2.45) is 11.7 Å². The van der Waals surface area contributed by atoms with Gasteiger partial charge in [0, 0.05) is 19.0 Å². The lowest BCUT2D eigenvalue weighted by Crippen LogP contribution is -2.32. The molecule has 1 unspecified atom stereocenters. The van der Waals surface area contributed by atoms with Gasteiger partial charge in [0.25, 0.3) is 0 Å². The van der Waals surface area contributed by atoms with E-state index < -0.39 is 0 Å². The summed E-state index contributed by atoms with van der Waals surface area (Å²) in [5.74, 6) is 1.20. The summed E-state index contributed by atoms with van der Waals surface area (Å²) in [5, 5.41) is 2.85. The SMILES string of the molecule is CC(CN)C(=O)NCc1cc(Br)c2c(c1)OCCO2.Cl. The number of amides is 1. The van der Waals surface area contributed by atoms with Gasteiger partial charge in [-0.2, -0.15) is 0 Å². The van der Waals surface area contributed by atoms with Crippen molar-refractivity contribution in [2.75, 3.05) is 19.8 Å². The molecule has 112 valence electrons. The number of nitrogens with two attached hydrogens (primary N) is 1. The fourth-order valence-electron chi connectivity index (χ4n) is 1.74. The van der Waals surface area contributed by atoms with E-state index in [-0.39, 0.29) is 24.2 Å². The first-order valence-corrected chi connectivity index (χ1v) is 6.97. The fraction of sp³-hybridized carbons (Fsp3) is 0.462. The van der Waals surface area contributed by atoms with Crippen molar-refractivity contribution in [1.82, 2.24) is 5.32 Å². The van der Waals surface area contributed by atoms with Crippen molar-refractivity contribution in [1.29, 1.82) is 0 Å². The molecular weight excluding hydrogens is 348 g/mol. The number of hydrogen-bond donors (Lipinski definition) is 2. The van der Waals surface area contributed by atoms with Gasteiger partial charge in [-0.1, -0.05) is 6.92 Å². The molecule has 1 heterocycles. The van der Waals surface area contributed by atoms with E-state index in [2.05, 4.69) is 21.2 Å². The number of fused-ring (bicyclic) bond motifs is 1. The number of carbonyl (C=O) groups is 1. The Hall–Kier alpha value is -0.980. The van der Waals surface area contributed by atoms with Crippen LogP contribution in [0.4, 0.5) is 0 Å². The molecule has 2 rings (SSSR count). The molecule has 0 saturated heterocycles. The van der Waals surface area contributed by atoms with E-state index in [1.54, 1.807) is 6.92 Å². The summed E-state index contributed by atoms with van der Waals surface area (Å²) in [6.07, 6.45) is 0. The lowest BCUT2D eigenvalue weighted by Gasteiger charge is -2.20. The highest BCUT2D eigenvalue weighted by molar-refractivity contribution is 9.10. The van der Waals surface area contributed by atoms with Crippen LogP contribution < -0.4 is 20.5 Å². The maximum atomic E-state index is 11.7. The van der Waals surface area contributed by atoms with Gasteiger partial charge in [-0.15, -0.1) is 12.4 Å². The monoisotopic (exact) mass is 364 g/mol. The maximum Gasteiger partial charge on any atom is 0.224 e. The van der Waals surface area contributed by atoms with Gasteiger partial charge in [0.15, 0.2) is 11.5 Å². The van der Waals surface area contributed by atoms with Crippen LogP contribution in [0.3, 0.4) is 0 Å². The molecule has 1 aromatic carbocycles. The Kier molecular flexibility index (Phi) is 6.58. The zero-order chi connectivity index (χ0) is 13.8. The van der Waals surface area contributed by atoms with Crippen LogP contribution in [0, 0.1) is 5.92 Å². The average molecular weight is 366 g/mol. The summed E-state index contributed by atoms with van der Waals surface area (Å²) in [5.41, 5.74) is 6.40. The Balaban J connectivity index is 0.00000200. The highest BCUT2D eigenvalue weighted by Gasteiger charge is 2.17. The second-order valence-corrected chi connectivity index (χ2v) is 5.31. The molecule has 3 N–H and O–H groups in total. The predicted molar refractivity (Wildman–Crippen MR) is 82.4 cm³/mol. The van der Waals surface area contributed by atoms with Crippen LogP contribution in [0.5, 0.6) is 11.5 Å². The van der Waals surface area contributed by atoms with Crippen LogP contribution in [0.15, 0.2) is 16.6 Å². The normalized spacial score (nSPS) is 14.2. The number of benzene rings is 1. The molecule has 1 atom stereocenters. The van der Waals surface area contributed by atoms with Gasteiger partial charge < -0.3 is 20.5 Å². The zero-order valence-corrected chi connectivity index (χ0v) is 13.6. The minimum absolute atomic E-state index is 0. The van der Waals surface area contributed by atoms with Gasteiger partial charge in [-0.25, -0.2) is 0 Å². The molecule has 0 fully saturated rings. The molecule has 5 nitrogen and oxygen atoms in total. The maximum absolute atomic E-state index is 11.7. The summed E-state index contributed by atoms with van der Waals surface area (Å²) in [6, 6.07) is 3.80. The van der Waals surface area contributed by atoms with Crippen LogP contribution in [0.25, 0.3) is 0 Å². The van der Waals surface area contributed by atoms with Crippen molar-refractivity contribution >= 4 is 34.2 Å². The van der Waals surface area contributed by atoms with Gasteiger partial charge in [0.1, 0.15) is 13.2 Å². The summed E-state index contributed by atoms with van der Waals surface area (Å²) in [6.45, 7) is 3.68. The first kappa shape index (κ1) is 17.1. The number of carbonyl (C=O) groups excluding carboxylic acids is 1. The van der Waals surface area contributed by atoms with Gasteiger partial charge >= 0.3 is 0 Å².